The Morgan fingerprint density at radius 2 is 1.28 bits per heavy atom. The Morgan fingerprint density at radius 3 is 1.33 bits per heavy atom. The van der Waals surface area contributed by atoms with Crippen LogP contribution >= 0.6 is 0 Å². The summed E-state index contributed by atoms with van der Waals surface area (Å²) in [5.74, 6) is 0. The normalized spacial score (nSPS) is 8.89. The SMILES string of the molecule is Cc1c(C)c(C)[c-](C)c1C.[CH-]=C(C)C=C(C)C.[Cr+2]. The molecule has 0 saturated carbocycles. The second kappa shape index (κ2) is 8.46. The molecule has 100 valence electrons. The van der Waals surface area contributed by atoms with Crippen LogP contribution in [-0.4, -0.2) is 0 Å². The number of hydrogen-bond donors (Lipinski definition) is 0. The fourth-order valence-corrected chi connectivity index (χ4v) is 1.86. The second-order valence-electron chi connectivity index (χ2n) is 5.09. The summed E-state index contributed by atoms with van der Waals surface area (Å²) in [6.45, 7) is 22.3. The van der Waals surface area contributed by atoms with Gasteiger partial charge in [0.25, 0.3) is 0 Å². The first-order chi connectivity index (χ1) is 7.68. The van der Waals surface area contributed by atoms with Crippen molar-refractivity contribution in [2.45, 2.75) is 55.4 Å². The molecule has 0 radical (unpaired) electrons. The van der Waals surface area contributed by atoms with Crippen LogP contribution in [0.3, 0.4) is 0 Å². The summed E-state index contributed by atoms with van der Waals surface area (Å²) < 4.78 is 0. The van der Waals surface area contributed by atoms with E-state index < -0.39 is 0 Å². The first-order valence-electron chi connectivity index (χ1n) is 6.12. The molecule has 1 rings (SSSR count). The quantitative estimate of drug-likeness (QED) is 0.486. The van der Waals surface area contributed by atoms with Gasteiger partial charge in [-0.15, -0.1) is 0 Å². The van der Waals surface area contributed by atoms with E-state index in [4.69, 9.17) is 6.58 Å². The van der Waals surface area contributed by atoms with E-state index in [2.05, 4.69) is 34.6 Å². The van der Waals surface area contributed by atoms with Crippen molar-refractivity contribution in [1.82, 2.24) is 0 Å². The van der Waals surface area contributed by atoms with Gasteiger partial charge in [0, 0.05) is 0 Å². The standard InChI is InChI=1S/C10H15.C7H11.Cr/c1-6-7(2)9(4)10(5)8(6)3;1-6(2)5-7(3)4;/h1-5H3;1,5H,2-4H3;/q2*-1;+2. The average Bonchev–Trinajstić information content (AvgIpc) is 2.35. The van der Waals surface area contributed by atoms with Gasteiger partial charge in [-0.3, -0.25) is 6.58 Å². The molecule has 0 N–H and O–H groups in total. The topological polar surface area (TPSA) is 0 Å². The van der Waals surface area contributed by atoms with Crippen LogP contribution in [0.25, 0.3) is 0 Å². The van der Waals surface area contributed by atoms with Crippen LogP contribution in [0.4, 0.5) is 0 Å². The molecule has 1 aromatic carbocycles. The molecule has 0 fully saturated rings. The van der Waals surface area contributed by atoms with Crippen molar-refractivity contribution >= 4 is 0 Å². The van der Waals surface area contributed by atoms with Gasteiger partial charge in [0.1, 0.15) is 0 Å². The summed E-state index contributed by atoms with van der Waals surface area (Å²) in [5, 5.41) is 0. The molecule has 0 atom stereocenters. The molecule has 0 nitrogen and oxygen atoms in total. The third-order valence-electron chi connectivity index (χ3n) is 3.33. The third kappa shape index (κ3) is 5.81. The van der Waals surface area contributed by atoms with Crippen molar-refractivity contribution in [3.8, 4) is 0 Å². The molecule has 0 aliphatic heterocycles. The van der Waals surface area contributed by atoms with Gasteiger partial charge in [-0.1, -0.05) is 55.4 Å². The largest absolute Gasteiger partial charge is 2.00 e. The summed E-state index contributed by atoms with van der Waals surface area (Å²) in [6, 6.07) is 0. The average molecular weight is 282 g/mol. The van der Waals surface area contributed by atoms with Crippen LogP contribution in [0, 0.1) is 41.2 Å². The molecule has 0 saturated heterocycles. The van der Waals surface area contributed by atoms with E-state index in [1.165, 1.54) is 33.4 Å². The molecular weight excluding hydrogens is 256 g/mol. The molecule has 18 heavy (non-hydrogen) atoms. The molecular formula is C17H26Cr. The molecule has 0 unspecified atom stereocenters. The maximum atomic E-state index is 5.33. The van der Waals surface area contributed by atoms with E-state index in [1.807, 2.05) is 26.8 Å². The minimum Gasteiger partial charge on any atom is -0.290 e. The molecule has 0 aliphatic rings. The fourth-order valence-electron chi connectivity index (χ4n) is 1.86. The summed E-state index contributed by atoms with van der Waals surface area (Å²) in [7, 11) is 0. The van der Waals surface area contributed by atoms with Gasteiger partial charge >= 0.3 is 17.4 Å². The Hall–Kier alpha value is -0.638. The molecule has 1 heteroatoms. The smallest absolute Gasteiger partial charge is 0.290 e. The number of allylic oxidation sites excluding steroid dienone is 3. The van der Waals surface area contributed by atoms with Gasteiger partial charge in [-0.2, -0.15) is 33.4 Å². The van der Waals surface area contributed by atoms with Crippen LogP contribution in [0.15, 0.2) is 17.2 Å². The Bertz CT molecular complexity index is 347. The predicted molar refractivity (Wildman–Crippen MR) is 78.6 cm³/mol. The zero-order valence-electron chi connectivity index (χ0n) is 13.1. The van der Waals surface area contributed by atoms with E-state index in [-0.39, 0.29) is 17.4 Å². The summed E-state index contributed by atoms with van der Waals surface area (Å²) >= 11 is 0. The molecule has 0 aliphatic carbocycles. The second-order valence-corrected chi connectivity index (χ2v) is 5.09. The maximum absolute atomic E-state index is 5.33. The zero-order chi connectivity index (χ0) is 13.7. The van der Waals surface area contributed by atoms with Crippen LogP contribution in [0.2, 0.25) is 0 Å². The van der Waals surface area contributed by atoms with E-state index >= 15 is 0 Å². The van der Waals surface area contributed by atoms with Crippen molar-refractivity contribution in [2.75, 3.05) is 0 Å². The Kier molecular flexibility index (Phi) is 9.26. The van der Waals surface area contributed by atoms with E-state index in [0.29, 0.717) is 0 Å². The van der Waals surface area contributed by atoms with E-state index in [9.17, 15) is 0 Å². The Balaban J connectivity index is 0. The van der Waals surface area contributed by atoms with Crippen molar-refractivity contribution < 1.29 is 17.4 Å². The minimum atomic E-state index is 0. The van der Waals surface area contributed by atoms with Gasteiger partial charge in [-0.25, -0.2) is 11.6 Å². The molecule has 0 aromatic heterocycles. The zero-order valence-corrected chi connectivity index (χ0v) is 14.3. The Morgan fingerprint density at radius 1 is 0.944 bits per heavy atom. The summed E-state index contributed by atoms with van der Waals surface area (Å²) in [4.78, 5) is 0. The van der Waals surface area contributed by atoms with Crippen LogP contribution in [0.5, 0.6) is 0 Å². The van der Waals surface area contributed by atoms with Gasteiger partial charge in [0.05, 0.1) is 0 Å². The van der Waals surface area contributed by atoms with Gasteiger partial charge in [0.15, 0.2) is 0 Å². The minimum absolute atomic E-state index is 0. The monoisotopic (exact) mass is 282 g/mol. The third-order valence-corrected chi connectivity index (χ3v) is 3.33. The van der Waals surface area contributed by atoms with Gasteiger partial charge in [-0.05, 0) is 0 Å². The van der Waals surface area contributed by atoms with E-state index in [1.54, 1.807) is 0 Å². The molecule has 0 spiro atoms. The molecule has 0 amide bonds. The van der Waals surface area contributed by atoms with E-state index in [0.717, 1.165) is 5.57 Å². The van der Waals surface area contributed by atoms with Crippen molar-refractivity contribution in [3.63, 3.8) is 0 Å². The fraction of sp³-hybridized carbons (Fsp3) is 0.471. The summed E-state index contributed by atoms with van der Waals surface area (Å²) in [6.07, 6.45) is 1.94. The van der Waals surface area contributed by atoms with Crippen molar-refractivity contribution in [2.24, 2.45) is 0 Å². The first kappa shape index (κ1) is 19.7. The van der Waals surface area contributed by atoms with Crippen molar-refractivity contribution in [3.05, 3.63) is 51.6 Å². The van der Waals surface area contributed by atoms with Gasteiger partial charge in [0.2, 0.25) is 0 Å². The molecule has 0 bridgehead atoms. The number of rotatable bonds is 1. The van der Waals surface area contributed by atoms with Gasteiger partial charge < -0.3 is 0 Å². The molecule has 0 heterocycles. The maximum Gasteiger partial charge on any atom is 2.00 e. The first-order valence-corrected chi connectivity index (χ1v) is 6.12. The van der Waals surface area contributed by atoms with Crippen LogP contribution < -0.4 is 0 Å². The van der Waals surface area contributed by atoms with Crippen LogP contribution in [0.1, 0.15) is 48.6 Å². The van der Waals surface area contributed by atoms with Crippen LogP contribution in [-0.2, 0) is 17.4 Å². The predicted octanol–water partition coefficient (Wildman–Crippen LogP) is 5.28. The number of hydrogen-bond acceptors (Lipinski definition) is 0. The molecule has 1 aromatic rings. The van der Waals surface area contributed by atoms with Crippen molar-refractivity contribution in [1.29, 1.82) is 0 Å². The Labute approximate surface area is 124 Å². The summed E-state index contributed by atoms with van der Waals surface area (Å²) in [5.41, 5.74) is 9.46.